The van der Waals surface area contributed by atoms with Gasteiger partial charge in [0.1, 0.15) is 12.0 Å². The zero-order chi connectivity index (χ0) is 16.6. The van der Waals surface area contributed by atoms with Crippen LogP contribution in [0.4, 0.5) is 5.82 Å². The molecule has 3 atom stereocenters. The van der Waals surface area contributed by atoms with Gasteiger partial charge in [-0.3, -0.25) is 9.69 Å². The van der Waals surface area contributed by atoms with Crippen molar-refractivity contribution < 1.29 is 4.79 Å². The van der Waals surface area contributed by atoms with Gasteiger partial charge >= 0.3 is 0 Å². The van der Waals surface area contributed by atoms with Gasteiger partial charge in [0, 0.05) is 37.9 Å². The maximum atomic E-state index is 12.0. The standard InChI is InChI=1S/C17H25N5O/c1-5-15(23)22-9-7-12(2)14(10-22)21(4)17-13-6-8-18-16(13)19-11-20(17)3/h5-6,8,11-12,14,17-18H,1,7,9-10H2,2-4H3/t12-,14?,17?/m1/s1. The van der Waals surface area contributed by atoms with Crippen LogP contribution in [0.2, 0.25) is 0 Å². The molecule has 0 bridgehead atoms. The number of H-pyrrole nitrogens is 1. The average Bonchev–Trinajstić information content (AvgIpc) is 3.02. The molecule has 2 aliphatic rings. The number of amides is 1. The Morgan fingerprint density at radius 2 is 2.35 bits per heavy atom. The van der Waals surface area contributed by atoms with Gasteiger partial charge in [0.25, 0.3) is 0 Å². The van der Waals surface area contributed by atoms with E-state index in [1.807, 2.05) is 24.5 Å². The first kappa shape index (κ1) is 15.8. The fourth-order valence-electron chi connectivity index (χ4n) is 3.72. The zero-order valence-electron chi connectivity index (χ0n) is 14.1. The van der Waals surface area contributed by atoms with Crippen LogP contribution in [0.3, 0.4) is 0 Å². The summed E-state index contributed by atoms with van der Waals surface area (Å²) in [7, 11) is 4.18. The van der Waals surface area contributed by atoms with E-state index >= 15 is 0 Å². The number of carbonyl (C=O) groups is 1. The number of rotatable bonds is 3. The fraction of sp³-hybridized carbons (Fsp3) is 0.529. The number of nitrogens with one attached hydrogen (secondary N) is 1. The van der Waals surface area contributed by atoms with Gasteiger partial charge in [-0.1, -0.05) is 13.5 Å². The Balaban J connectivity index is 1.83. The van der Waals surface area contributed by atoms with Crippen molar-refractivity contribution in [2.45, 2.75) is 25.6 Å². The van der Waals surface area contributed by atoms with Crippen LogP contribution >= 0.6 is 0 Å². The zero-order valence-corrected chi connectivity index (χ0v) is 14.1. The number of likely N-dealkylation sites (N-methyl/N-ethyl adjacent to an activating group) is 1. The molecule has 124 valence electrons. The molecule has 6 nitrogen and oxygen atoms in total. The number of aromatic nitrogens is 1. The van der Waals surface area contributed by atoms with Gasteiger partial charge in [-0.15, -0.1) is 0 Å². The molecule has 1 N–H and O–H groups in total. The molecular weight excluding hydrogens is 290 g/mol. The van der Waals surface area contributed by atoms with Crippen LogP contribution in [0.15, 0.2) is 29.9 Å². The molecule has 2 unspecified atom stereocenters. The smallest absolute Gasteiger partial charge is 0.246 e. The highest BCUT2D eigenvalue weighted by atomic mass is 16.2. The van der Waals surface area contributed by atoms with Crippen LogP contribution in [-0.4, -0.2) is 65.2 Å². The lowest BCUT2D eigenvalue weighted by atomic mass is 9.91. The number of hydrogen-bond acceptors (Lipinski definition) is 4. The second kappa shape index (κ2) is 6.20. The summed E-state index contributed by atoms with van der Waals surface area (Å²) in [6.45, 7) is 7.44. The molecule has 2 aliphatic heterocycles. The Morgan fingerprint density at radius 1 is 1.57 bits per heavy atom. The minimum absolute atomic E-state index is 0.0243. The number of piperidine rings is 1. The number of aliphatic imine (C=N–C) groups is 1. The highest BCUT2D eigenvalue weighted by Crippen LogP contribution is 2.36. The SMILES string of the molecule is C=CC(=O)N1CC[C@@H](C)C(N(C)C2c3cc[nH]c3N=CN2C)C1. The lowest BCUT2D eigenvalue weighted by Gasteiger charge is -2.46. The molecule has 0 radical (unpaired) electrons. The molecule has 0 aromatic carbocycles. The molecule has 1 saturated heterocycles. The number of fused-ring (bicyclic) bond motifs is 1. The van der Waals surface area contributed by atoms with Crippen LogP contribution in [-0.2, 0) is 4.79 Å². The minimum atomic E-state index is 0.0243. The van der Waals surface area contributed by atoms with E-state index in [1.165, 1.54) is 11.6 Å². The number of carbonyl (C=O) groups excluding carboxylic acids is 1. The highest BCUT2D eigenvalue weighted by molar-refractivity contribution is 5.87. The molecule has 1 aromatic rings. The number of nitrogens with zero attached hydrogens (tertiary/aromatic N) is 4. The maximum absolute atomic E-state index is 12.0. The van der Waals surface area contributed by atoms with E-state index in [2.05, 4.69) is 46.4 Å². The first-order chi connectivity index (χ1) is 11.0. The first-order valence-corrected chi connectivity index (χ1v) is 8.09. The van der Waals surface area contributed by atoms with Crippen molar-refractivity contribution in [2.75, 3.05) is 27.2 Å². The van der Waals surface area contributed by atoms with Gasteiger partial charge < -0.3 is 14.8 Å². The molecule has 1 fully saturated rings. The van der Waals surface area contributed by atoms with E-state index in [0.717, 1.165) is 25.3 Å². The summed E-state index contributed by atoms with van der Waals surface area (Å²) < 4.78 is 0. The van der Waals surface area contributed by atoms with Crippen molar-refractivity contribution in [2.24, 2.45) is 10.9 Å². The highest BCUT2D eigenvalue weighted by Gasteiger charge is 2.37. The van der Waals surface area contributed by atoms with Gasteiger partial charge in [0.15, 0.2) is 0 Å². The average molecular weight is 315 g/mol. The van der Waals surface area contributed by atoms with Crippen molar-refractivity contribution in [1.29, 1.82) is 0 Å². The molecule has 1 aromatic heterocycles. The molecule has 0 saturated carbocycles. The summed E-state index contributed by atoms with van der Waals surface area (Å²) in [4.78, 5) is 26.0. The third kappa shape index (κ3) is 2.79. The van der Waals surface area contributed by atoms with Crippen LogP contribution in [0.5, 0.6) is 0 Å². The normalized spacial score (nSPS) is 27.2. The minimum Gasteiger partial charge on any atom is -0.346 e. The Morgan fingerprint density at radius 3 is 3.09 bits per heavy atom. The Hall–Kier alpha value is -2.08. The second-order valence-corrected chi connectivity index (χ2v) is 6.55. The maximum Gasteiger partial charge on any atom is 0.246 e. The van der Waals surface area contributed by atoms with Crippen LogP contribution in [0, 0.1) is 5.92 Å². The summed E-state index contributed by atoms with van der Waals surface area (Å²) in [5, 5.41) is 0. The molecule has 3 heterocycles. The van der Waals surface area contributed by atoms with E-state index in [9.17, 15) is 4.79 Å². The largest absolute Gasteiger partial charge is 0.346 e. The monoisotopic (exact) mass is 315 g/mol. The molecule has 23 heavy (non-hydrogen) atoms. The topological polar surface area (TPSA) is 54.9 Å². The summed E-state index contributed by atoms with van der Waals surface area (Å²) in [6, 6.07) is 2.39. The van der Waals surface area contributed by atoms with Crippen molar-refractivity contribution in [3.63, 3.8) is 0 Å². The van der Waals surface area contributed by atoms with E-state index in [4.69, 9.17) is 0 Å². The Bertz CT molecular complexity index is 622. The van der Waals surface area contributed by atoms with Crippen LogP contribution < -0.4 is 0 Å². The fourth-order valence-corrected chi connectivity index (χ4v) is 3.72. The predicted octanol–water partition coefficient (Wildman–Crippen LogP) is 1.97. The summed E-state index contributed by atoms with van der Waals surface area (Å²) in [5.74, 6) is 1.47. The van der Waals surface area contributed by atoms with Crippen molar-refractivity contribution in [1.82, 2.24) is 19.7 Å². The van der Waals surface area contributed by atoms with E-state index in [1.54, 1.807) is 0 Å². The Kier molecular flexibility index (Phi) is 4.26. The van der Waals surface area contributed by atoms with Gasteiger partial charge in [0.05, 0.1) is 6.34 Å². The van der Waals surface area contributed by atoms with E-state index < -0.39 is 0 Å². The van der Waals surface area contributed by atoms with Crippen LogP contribution in [0.1, 0.15) is 25.1 Å². The lowest BCUT2D eigenvalue weighted by molar-refractivity contribution is -0.129. The third-order valence-corrected chi connectivity index (χ3v) is 5.10. The summed E-state index contributed by atoms with van der Waals surface area (Å²) in [5.41, 5.74) is 1.18. The van der Waals surface area contributed by atoms with E-state index in [0.29, 0.717) is 12.0 Å². The van der Waals surface area contributed by atoms with Gasteiger partial charge in [0.2, 0.25) is 5.91 Å². The third-order valence-electron chi connectivity index (χ3n) is 5.10. The Labute approximate surface area is 137 Å². The number of hydrogen-bond donors (Lipinski definition) is 1. The lowest BCUT2D eigenvalue weighted by Crippen LogP contribution is -2.55. The predicted molar refractivity (Wildman–Crippen MR) is 91.6 cm³/mol. The molecular formula is C17H25N5O. The van der Waals surface area contributed by atoms with Gasteiger partial charge in [-0.2, -0.15) is 0 Å². The molecule has 0 aliphatic carbocycles. The van der Waals surface area contributed by atoms with Crippen LogP contribution in [0.25, 0.3) is 0 Å². The van der Waals surface area contributed by atoms with Gasteiger partial charge in [-0.05, 0) is 31.5 Å². The summed E-state index contributed by atoms with van der Waals surface area (Å²) >= 11 is 0. The van der Waals surface area contributed by atoms with E-state index in [-0.39, 0.29) is 12.1 Å². The quantitative estimate of drug-likeness (QED) is 0.868. The summed E-state index contributed by atoms with van der Waals surface area (Å²) in [6.07, 6.45) is 6.34. The molecule has 1 amide bonds. The first-order valence-electron chi connectivity index (χ1n) is 8.09. The van der Waals surface area contributed by atoms with Crippen molar-refractivity contribution in [3.05, 3.63) is 30.5 Å². The number of aromatic amines is 1. The second-order valence-electron chi connectivity index (χ2n) is 6.55. The van der Waals surface area contributed by atoms with Crippen molar-refractivity contribution in [3.8, 4) is 0 Å². The van der Waals surface area contributed by atoms with Gasteiger partial charge in [-0.25, -0.2) is 4.99 Å². The molecule has 0 spiro atoms. The number of likely N-dealkylation sites (tertiary alicyclic amines) is 1. The molecule has 3 rings (SSSR count). The molecule has 6 heteroatoms. The van der Waals surface area contributed by atoms with Crippen molar-refractivity contribution >= 4 is 18.1 Å².